The minimum Gasteiger partial charge on any atom is -0.481 e. The molecule has 1 aromatic carbocycles. The first-order valence-electron chi connectivity index (χ1n) is 11.4. The van der Waals surface area contributed by atoms with Crippen LogP contribution in [0.5, 0.6) is 0 Å². The Morgan fingerprint density at radius 2 is 1.88 bits per heavy atom. The molecule has 1 atom stereocenters. The summed E-state index contributed by atoms with van der Waals surface area (Å²) < 4.78 is 10.7. The summed E-state index contributed by atoms with van der Waals surface area (Å²) in [4.78, 5) is 28.9. The Labute approximate surface area is 195 Å². The van der Waals surface area contributed by atoms with Crippen molar-refractivity contribution in [3.63, 3.8) is 0 Å². The zero-order valence-corrected chi connectivity index (χ0v) is 20.1. The van der Waals surface area contributed by atoms with Gasteiger partial charge in [0.25, 0.3) is 0 Å². The van der Waals surface area contributed by atoms with E-state index >= 15 is 0 Å². The Kier molecular flexibility index (Phi) is 7.42. The number of methoxy groups -OCH3 is 1. The number of carboxylic acid groups (broad SMARTS) is 1. The molecule has 0 bridgehead atoms. The number of carbonyl (C=O) groups excluding carboxylic acids is 1. The maximum Gasteiger partial charge on any atom is 0.408 e. The quantitative estimate of drug-likeness (QED) is 0.599. The summed E-state index contributed by atoms with van der Waals surface area (Å²) in [5.74, 6) is -0.795. The molecule has 0 radical (unpaired) electrons. The van der Waals surface area contributed by atoms with Gasteiger partial charge in [-0.25, -0.2) is 4.79 Å². The first kappa shape index (κ1) is 24.7. The molecule has 2 aromatic rings. The van der Waals surface area contributed by atoms with Gasteiger partial charge in [0.05, 0.1) is 28.8 Å². The molecule has 1 saturated carbocycles. The van der Waals surface area contributed by atoms with Crippen molar-refractivity contribution in [3.05, 3.63) is 47.7 Å². The summed E-state index contributed by atoms with van der Waals surface area (Å²) in [6, 6.07) is 9.38. The van der Waals surface area contributed by atoms with Gasteiger partial charge < -0.3 is 19.9 Å². The Hall–Kier alpha value is -2.93. The smallest absolute Gasteiger partial charge is 0.408 e. The highest BCUT2D eigenvalue weighted by Crippen LogP contribution is 2.39. The second-order valence-electron chi connectivity index (χ2n) is 9.79. The lowest BCUT2D eigenvalue weighted by atomic mass is 9.72. The van der Waals surface area contributed by atoms with Gasteiger partial charge in [-0.2, -0.15) is 0 Å². The van der Waals surface area contributed by atoms with Crippen molar-refractivity contribution in [1.29, 1.82) is 0 Å². The normalized spacial score (nSPS) is 22.3. The third-order valence-corrected chi connectivity index (χ3v) is 6.09. The fourth-order valence-corrected chi connectivity index (χ4v) is 4.10. The zero-order chi connectivity index (χ0) is 24.2. The number of aliphatic carboxylic acids is 1. The molecule has 33 heavy (non-hydrogen) atoms. The number of pyridine rings is 1. The van der Waals surface area contributed by atoms with Gasteiger partial charge in [-0.15, -0.1) is 0 Å². The molecule has 1 aliphatic rings. The van der Waals surface area contributed by atoms with E-state index in [9.17, 15) is 14.7 Å². The van der Waals surface area contributed by atoms with Gasteiger partial charge in [-0.3, -0.25) is 9.78 Å². The predicted octanol–water partition coefficient (Wildman–Crippen LogP) is 5.49. The first-order chi connectivity index (χ1) is 15.5. The van der Waals surface area contributed by atoms with Gasteiger partial charge in [-0.05, 0) is 71.1 Å². The number of amides is 1. The number of nitrogens with zero attached hydrogens (tertiary/aromatic N) is 1. The van der Waals surface area contributed by atoms with Crippen molar-refractivity contribution in [2.24, 2.45) is 5.41 Å². The second kappa shape index (κ2) is 9.91. The number of hydrogen-bond acceptors (Lipinski definition) is 5. The van der Waals surface area contributed by atoms with Crippen LogP contribution in [0.25, 0.3) is 17.0 Å². The SMILES string of the molecule is COC1CCC(C=Cc2ccc3ccc([C@@H](C)NC(=O)OC(C)(C)C)nc3c2)(C(=O)O)CC1. The summed E-state index contributed by atoms with van der Waals surface area (Å²) in [5, 5.41) is 13.7. The van der Waals surface area contributed by atoms with Crippen LogP contribution in [0, 0.1) is 5.41 Å². The Bertz CT molecular complexity index is 1030. The number of aromatic nitrogens is 1. The van der Waals surface area contributed by atoms with Crippen LogP contribution in [0.1, 0.15) is 70.7 Å². The van der Waals surface area contributed by atoms with Crippen molar-refractivity contribution in [2.75, 3.05) is 7.11 Å². The molecule has 3 rings (SSSR count). The molecule has 0 spiro atoms. The third-order valence-electron chi connectivity index (χ3n) is 6.09. The fourth-order valence-electron chi connectivity index (χ4n) is 4.10. The molecule has 0 saturated heterocycles. The number of hydrogen-bond donors (Lipinski definition) is 2. The van der Waals surface area contributed by atoms with Crippen molar-refractivity contribution >= 4 is 29.0 Å². The summed E-state index contributed by atoms with van der Waals surface area (Å²) >= 11 is 0. The highest BCUT2D eigenvalue weighted by molar-refractivity contribution is 5.83. The average Bonchev–Trinajstić information content (AvgIpc) is 2.76. The van der Waals surface area contributed by atoms with Gasteiger partial charge in [0.15, 0.2) is 0 Å². The molecule has 0 aliphatic heterocycles. The van der Waals surface area contributed by atoms with Crippen LogP contribution in [0.2, 0.25) is 0 Å². The second-order valence-corrected chi connectivity index (χ2v) is 9.79. The van der Waals surface area contributed by atoms with Crippen LogP contribution < -0.4 is 5.32 Å². The van der Waals surface area contributed by atoms with E-state index in [0.717, 1.165) is 35.0 Å². The van der Waals surface area contributed by atoms with Crippen molar-refractivity contribution in [1.82, 2.24) is 10.3 Å². The van der Waals surface area contributed by atoms with Crippen LogP contribution in [-0.4, -0.2) is 41.0 Å². The van der Waals surface area contributed by atoms with Gasteiger partial charge in [0, 0.05) is 12.5 Å². The molecule has 178 valence electrons. The molecular formula is C26H34N2O5. The van der Waals surface area contributed by atoms with E-state index in [1.165, 1.54) is 0 Å². The van der Waals surface area contributed by atoms with Crippen LogP contribution in [-0.2, 0) is 14.3 Å². The maximum atomic E-state index is 12.1. The summed E-state index contributed by atoms with van der Waals surface area (Å²) in [6.07, 6.45) is 5.91. The lowest BCUT2D eigenvalue weighted by Crippen LogP contribution is -2.35. The Morgan fingerprint density at radius 1 is 1.21 bits per heavy atom. The molecular weight excluding hydrogens is 420 g/mol. The van der Waals surface area contributed by atoms with Gasteiger partial charge in [0.1, 0.15) is 5.60 Å². The average molecular weight is 455 g/mol. The van der Waals surface area contributed by atoms with Crippen LogP contribution in [0.3, 0.4) is 0 Å². The third kappa shape index (κ3) is 6.32. The largest absolute Gasteiger partial charge is 0.481 e. The minimum absolute atomic E-state index is 0.130. The summed E-state index contributed by atoms with van der Waals surface area (Å²) in [7, 11) is 1.68. The predicted molar refractivity (Wildman–Crippen MR) is 128 cm³/mol. The van der Waals surface area contributed by atoms with Crippen LogP contribution in [0.15, 0.2) is 36.4 Å². The number of nitrogens with one attached hydrogen (secondary N) is 1. The standard InChI is InChI=1S/C26H34N2O5/c1-17(27-24(31)33-25(2,3)4)21-9-8-19-7-6-18(16-22(19)28-21)10-13-26(23(29)30)14-11-20(32-5)12-15-26/h6-10,13,16-17,20H,11-12,14-15H2,1-5H3,(H,27,31)(H,29,30)/t17-,20?,26?/m1/s1. The Balaban J connectivity index is 1.78. The summed E-state index contributed by atoms with van der Waals surface area (Å²) in [6.45, 7) is 7.31. The van der Waals surface area contributed by atoms with E-state index in [4.69, 9.17) is 14.5 Å². The number of alkyl carbamates (subject to hydrolysis) is 1. The van der Waals surface area contributed by atoms with E-state index in [1.54, 1.807) is 7.11 Å². The van der Waals surface area contributed by atoms with Crippen molar-refractivity contribution < 1.29 is 24.2 Å². The number of carbonyl (C=O) groups is 2. The van der Waals surface area contributed by atoms with Crippen molar-refractivity contribution in [2.45, 2.75) is 71.1 Å². The van der Waals surface area contributed by atoms with E-state index in [1.807, 2.05) is 70.2 Å². The topological polar surface area (TPSA) is 97.8 Å². The number of benzene rings is 1. The first-order valence-corrected chi connectivity index (χ1v) is 11.4. The van der Waals surface area contributed by atoms with Crippen molar-refractivity contribution in [3.8, 4) is 0 Å². The Morgan fingerprint density at radius 3 is 2.48 bits per heavy atom. The molecule has 1 heterocycles. The number of carboxylic acids is 1. The van der Waals surface area contributed by atoms with Crippen LogP contribution in [0.4, 0.5) is 4.79 Å². The number of ether oxygens (including phenoxy) is 2. The molecule has 1 fully saturated rings. The lowest BCUT2D eigenvalue weighted by Gasteiger charge is -2.34. The molecule has 1 aliphatic carbocycles. The fraction of sp³-hybridized carbons (Fsp3) is 0.500. The molecule has 0 unspecified atom stereocenters. The lowest BCUT2D eigenvalue weighted by molar-refractivity contribution is -0.148. The molecule has 7 heteroatoms. The van der Waals surface area contributed by atoms with Gasteiger partial charge >= 0.3 is 12.1 Å². The number of rotatable bonds is 6. The highest BCUT2D eigenvalue weighted by Gasteiger charge is 2.39. The molecule has 1 amide bonds. The molecule has 7 nitrogen and oxygen atoms in total. The van der Waals surface area contributed by atoms with Gasteiger partial charge in [0.2, 0.25) is 0 Å². The molecule has 2 N–H and O–H groups in total. The molecule has 1 aromatic heterocycles. The number of fused-ring (bicyclic) bond motifs is 1. The maximum absolute atomic E-state index is 12.1. The minimum atomic E-state index is -0.870. The summed E-state index contributed by atoms with van der Waals surface area (Å²) in [5.41, 5.74) is 0.937. The zero-order valence-electron chi connectivity index (χ0n) is 20.1. The van der Waals surface area contributed by atoms with E-state index in [0.29, 0.717) is 12.8 Å². The van der Waals surface area contributed by atoms with Crippen LogP contribution >= 0.6 is 0 Å². The van der Waals surface area contributed by atoms with E-state index in [2.05, 4.69) is 5.32 Å². The van der Waals surface area contributed by atoms with E-state index < -0.39 is 23.1 Å². The monoisotopic (exact) mass is 454 g/mol. The highest BCUT2D eigenvalue weighted by atomic mass is 16.6. The van der Waals surface area contributed by atoms with E-state index in [-0.39, 0.29) is 12.1 Å². The van der Waals surface area contributed by atoms with Gasteiger partial charge in [-0.1, -0.05) is 30.4 Å².